The van der Waals surface area contributed by atoms with Crippen LogP contribution in [0.2, 0.25) is 10.0 Å². The van der Waals surface area contributed by atoms with E-state index >= 15 is 0 Å². The number of carboxylic acids is 1. The van der Waals surface area contributed by atoms with Crippen molar-refractivity contribution < 1.29 is 14.6 Å². The van der Waals surface area contributed by atoms with Gasteiger partial charge in [-0.3, -0.25) is 0 Å². The number of ether oxygens (including phenoxy) is 1. The maximum atomic E-state index is 11.5. The van der Waals surface area contributed by atoms with Crippen molar-refractivity contribution in [2.45, 2.75) is 6.04 Å². The molecule has 0 aliphatic carbocycles. The van der Waals surface area contributed by atoms with E-state index in [1.165, 1.54) is 7.11 Å². The lowest BCUT2D eigenvalue weighted by molar-refractivity contribution is -0.138. The molecule has 0 heterocycles. The number of hydrogen-bond donors (Lipinski definition) is 2. The van der Waals surface area contributed by atoms with Gasteiger partial charge in [-0.15, -0.1) is 0 Å². The first-order chi connectivity index (χ1) is 10.0. The van der Waals surface area contributed by atoms with Crippen molar-refractivity contribution >= 4 is 34.9 Å². The Labute approximate surface area is 132 Å². The molecular weight excluding hydrogens is 313 g/mol. The van der Waals surface area contributed by atoms with Crippen LogP contribution < -0.4 is 10.1 Å². The Morgan fingerprint density at radius 1 is 1.19 bits per heavy atom. The molecule has 0 saturated heterocycles. The average Bonchev–Trinajstić information content (AvgIpc) is 2.46. The third-order valence-corrected chi connectivity index (χ3v) is 3.55. The summed E-state index contributed by atoms with van der Waals surface area (Å²) < 4.78 is 5.06. The SMILES string of the molecule is COc1ccc(C(Nc2ccccc2Cl)C(=O)O)cc1Cl. The van der Waals surface area contributed by atoms with Crippen LogP contribution in [0.15, 0.2) is 42.5 Å². The molecule has 0 aliphatic rings. The molecule has 1 unspecified atom stereocenters. The Morgan fingerprint density at radius 2 is 1.90 bits per heavy atom. The van der Waals surface area contributed by atoms with Gasteiger partial charge >= 0.3 is 5.97 Å². The molecule has 0 spiro atoms. The molecule has 0 amide bonds. The highest BCUT2D eigenvalue weighted by Gasteiger charge is 2.21. The molecule has 1 atom stereocenters. The molecule has 2 rings (SSSR count). The van der Waals surface area contributed by atoms with E-state index in [4.69, 9.17) is 27.9 Å². The number of hydrogen-bond acceptors (Lipinski definition) is 3. The Hall–Kier alpha value is -1.91. The van der Waals surface area contributed by atoms with Crippen LogP contribution in [-0.4, -0.2) is 18.2 Å². The first-order valence-corrected chi connectivity index (χ1v) is 6.86. The van der Waals surface area contributed by atoms with Crippen molar-refractivity contribution in [2.24, 2.45) is 0 Å². The molecule has 110 valence electrons. The molecule has 0 radical (unpaired) electrons. The van der Waals surface area contributed by atoms with Crippen LogP contribution in [0.3, 0.4) is 0 Å². The van der Waals surface area contributed by atoms with Gasteiger partial charge in [0.05, 0.1) is 22.8 Å². The maximum Gasteiger partial charge on any atom is 0.330 e. The van der Waals surface area contributed by atoms with E-state index < -0.39 is 12.0 Å². The predicted molar refractivity (Wildman–Crippen MR) is 83.5 cm³/mol. The predicted octanol–water partition coefficient (Wildman–Crippen LogP) is 4.24. The van der Waals surface area contributed by atoms with Crippen LogP contribution in [0.4, 0.5) is 5.69 Å². The normalized spacial score (nSPS) is 11.8. The lowest BCUT2D eigenvalue weighted by atomic mass is 10.1. The third kappa shape index (κ3) is 3.60. The minimum atomic E-state index is -1.03. The second-order valence-electron chi connectivity index (χ2n) is 4.29. The summed E-state index contributed by atoms with van der Waals surface area (Å²) in [6.45, 7) is 0. The standard InChI is InChI=1S/C15H13Cl2NO3/c1-21-13-7-6-9(8-11(13)17)14(15(19)20)18-12-5-3-2-4-10(12)16/h2-8,14,18H,1H3,(H,19,20). The highest BCUT2D eigenvalue weighted by Crippen LogP contribution is 2.31. The monoisotopic (exact) mass is 325 g/mol. The molecule has 6 heteroatoms. The van der Waals surface area contributed by atoms with Gasteiger partial charge in [-0.25, -0.2) is 4.79 Å². The number of rotatable bonds is 5. The first kappa shape index (κ1) is 15.5. The van der Waals surface area contributed by atoms with Crippen molar-refractivity contribution in [1.29, 1.82) is 0 Å². The van der Waals surface area contributed by atoms with Gasteiger partial charge in [-0.1, -0.05) is 41.4 Å². The van der Waals surface area contributed by atoms with Crippen LogP contribution in [0.1, 0.15) is 11.6 Å². The summed E-state index contributed by atoms with van der Waals surface area (Å²) in [5.41, 5.74) is 1.05. The number of carbonyl (C=O) groups is 1. The molecule has 2 N–H and O–H groups in total. The van der Waals surface area contributed by atoms with E-state index in [-0.39, 0.29) is 0 Å². The van der Waals surface area contributed by atoms with Gasteiger partial charge < -0.3 is 15.2 Å². The van der Waals surface area contributed by atoms with E-state index in [0.717, 1.165) is 0 Å². The molecule has 0 bridgehead atoms. The third-order valence-electron chi connectivity index (χ3n) is 2.93. The second kappa shape index (κ2) is 6.70. The van der Waals surface area contributed by atoms with Gasteiger partial charge in [0.15, 0.2) is 6.04 Å². The summed E-state index contributed by atoms with van der Waals surface area (Å²) in [7, 11) is 1.50. The van der Waals surface area contributed by atoms with E-state index in [9.17, 15) is 9.90 Å². The zero-order valence-corrected chi connectivity index (χ0v) is 12.7. The summed E-state index contributed by atoms with van der Waals surface area (Å²) in [5.74, 6) is -0.543. The van der Waals surface area contributed by atoms with E-state index in [1.807, 2.05) is 0 Å². The van der Waals surface area contributed by atoms with Crippen molar-refractivity contribution in [3.05, 3.63) is 58.1 Å². The minimum absolute atomic E-state index is 0.349. The molecule has 0 aliphatic heterocycles. The summed E-state index contributed by atoms with van der Waals surface area (Å²) in [6.07, 6.45) is 0. The largest absolute Gasteiger partial charge is 0.495 e. The summed E-state index contributed by atoms with van der Waals surface area (Å²) in [5, 5.41) is 13.1. The molecule has 2 aromatic rings. The molecule has 0 aromatic heterocycles. The fraction of sp³-hybridized carbons (Fsp3) is 0.133. The van der Waals surface area contributed by atoms with Crippen molar-refractivity contribution in [3.8, 4) is 5.75 Å². The van der Waals surface area contributed by atoms with E-state index in [1.54, 1.807) is 42.5 Å². The Bertz CT molecular complexity index is 661. The Balaban J connectivity index is 2.34. The topological polar surface area (TPSA) is 58.6 Å². The fourth-order valence-corrected chi connectivity index (χ4v) is 2.34. The smallest absolute Gasteiger partial charge is 0.330 e. The zero-order valence-electron chi connectivity index (χ0n) is 11.1. The Morgan fingerprint density at radius 3 is 2.48 bits per heavy atom. The summed E-state index contributed by atoms with van der Waals surface area (Å²) in [6, 6.07) is 10.8. The number of methoxy groups -OCH3 is 1. The zero-order chi connectivity index (χ0) is 15.4. The lowest BCUT2D eigenvalue weighted by Gasteiger charge is -2.18. The van der Waals surface area contributed by atoms with Gasteiger partial charge in [-0.05, 0) is 29.8 Å². The lowest BCUT2D eigenvalue weighted by Crippen LogP contribution is -2.20. The van der Waals surface area contributed by atoms with Crippen molar-refractivity contribution in [3.63, 3.8) is 0 Å². The fourth-order valence-electron chi connectivity index (χ4n) is 1.88. The van der Waals surface area contributed by atoms with Gasteiger partial charge in [0.2, 0.25) is 0 Å². The van der Waals surface area contributed by atoms with Gasteiger partial charge in [-0.2, -0.15) is 0 Å². The minimum Gasteiger partial charge on any atom is -0.495 e. The highest BCUT2D eigenvalue weighted by atomic mass is 35.5. The molecule has 21 heavy (non-hydrogen) atoms. The number of halogens is 2. The number of nitrogens with one attached hydrogen (secondary N) is 1. The molecular formula is C15H13Cl2NO3. The number of benzene rings is 2. The van der Waals surface area contributed by atoms with Crippen LogP contribution in [0.25, 0.3) is 0 Å². The van der Waals surface area contributed by atoms with Crippen molar-refractivity contribution in [1.82, 2.24) is 0 Å². The van der Waals surface area contributed by atoms with Gasteiger partial charge in [0, 0.05) is 0 Å². The van der Waals surface area contributed by atoms with E-state index in [0.29, 0.717) is 27.0 Å². The number of carboxylic acid groups (broad SMARTS) is 1. The van der Waals surface area contributed by atoms with Gasteiger partial charge in [0.25, 0.3) is 0 Å². The van der Waals surface area contributed by atoms with Gasteiger partial charge in [0.1, 0.15) is 5.75 Å². The molecule has 4 nitrogen and oxygen atoms in total. The second-order valence-corrected chi connectivity index (χ2v) is 5.10. The molecule has 0 saturated carbocycles. The first-order valence-electron chi connectivity index (χ1n) is 6.10. The van der Waals surface area contributed by atoms with Crippen LogP contribution in [0.5, 0.6) is 5.75 Å². The van der Waals surface area contributed by atoms with Crippen LogP contribution in [0, 0.1) is 0 Å². The van der Waals surface area contributed by atoms with Crippen LogP contribution >= 0.6 is 23.2 Å². The van der Waals surface area contributed by atoms with E-state index in [2.05, 4.69) is 5.32 Å². The maximum absolute atomic E-state index is 11.5. The molecule has 0 fully saturated rings. The quantitative estimate of drug-likeness (QED) is 0.863. The number of anilines is 1. The molecule has 2 aromatic carbocycles. The average molecular weight is 326 g/mol. The number of aliphatic carboxylic acids is 1. The number of para-hydroxylation sites is 1. The summed E-state index contributed by atoms with van der Waals surface area (Å²) in [4.78, 5) is 11.5. The van der Waals surface area contributed by atoms with Crippen molar-refractivity contribution in [2.75, 3.05) is 12.4 Å². The Kier molecular flexibility index (Phi) is 4.94. The summed E-state index contributed by atoms with van der Waals surface area (Å²) >= 11 is 12.1. The van der Waals surface area contributed by atoms with Crippen LogP contribution in [-0.2, 0) is 4.79 Å². The highest BCUT2D eigenvalue weighted by molar-refractivity contribution is 6.33.